The monoisotopic (exact) mass is 478 g/mol. The van der Waals surface area contributed by atoms with Crippen molar-refractivity contribution in [1.82, 2.24) is 0 Å². The van der Waals surface area contributed by atoms with E-state index in [2.05, 4.69) is 0 Å². The normalized spacial score (nSPS) is 27.3. The Bertz CT molecular complexity index is 961. The van der Waals surface area contributed by atoms with Crippen LogP contribution in [0.25, 0.3) is 0 Å². The van der Waals surface area contributed by atoms with E-state index in [1.807, 2.05) is 24.3 Å². The molecule has 0 unspecified atom stereocenters. The molecule has 0 aromatic heterocycles. The predicted octanol–water partition coefficient (Wildman–Crippen LogP) is 2.10. The van der Waals surface area contributed by atoms with Crippen molar-refractivity contribution in [1.29, 1.82) is 0 Å². The molecule has 0 radical (unpaired) electrons. The first kappa shape index (κ1) is 23.9. The molecule has 2 aromatic carbocycles. The summed E-state index contributed by atoms with van der Waals surface area (Å²) in [5.41, 5.74) is 2.17. The molecule has 0 bridgehead atoms. The molecule has 0 amide bonds. The van der Waals surface area contributed by atoms with Gasteiger partial charge in [-0.05, 0) is 54.2 Å². The zero-order valence-electron chi connectivity index (χ0n) is 17.8. The number of rotatable bonds is 9. The van der Waals surface area contributed by atoms with Crippen molar-refractivity contribution in [2.24, 2.45) is 0 Å². The first-order chi connectivity index (χ1) is 15.8. The Morgan fingerprint density at radius 1 is 1.00 bits per heavy atom. The smallest absolute Gasteiger partial charge is 0.335 e. The van der Waals surface area contributed by atoms with Crippen LogP contribution in [0.5, 0.6) is 5.75 Å². The molecule has 5 atom stereocenters. The summed E-state index contributed by atoms with van der Waals surface area (Å²) in [6, 6.07) is 12.5. The van der Waals surface area contributed by atoms with Crippen LogP contribution in [0.15, 0.2) is 42.5 Å². The number of aliphatic carboxylic acids is 1. The highest BCUT2D eigenvalue weighted by Crippen LogP contribution is 2.34. The molecule has 178 valence electrons. The maximum atomic E-state index is 11.4. The zero-order chi connectivity index (χ0) is 23.5. The van der Waals surface area contributed by atoms with E-state index in [9.17, 15) is 25.2 Å². The van der Waals surface area contributed by atoms with Gasteiger partial charge in [0, 0.05) is 5.02 Å². The topological polar surface area (TPSA) is 126 Å². The van der Waals surface area contributed by atoms with Crippen molar-refractivity contribution < 1.29 is 39.4 Å². The number of aliphatic hydroxyl groups is 3. The summed E-state index contributed by atoms with van der Waals surface area (Å²) in [6.07, 6.45) is -4.53. The number of aliphatic hydroxyl groups excluding tert-OH is 3. The fourth-order valence-electron chi connectivity index (χ4n) is 3.80. The van der Waals surface area contributed by atoms with Gasteiger partial charge in [0.05, 0.1) is 12.7 Å². The molecular formula is C24H27ClO8. The number of hydrogen-bond donors (Lipinski definition) is 4. The molecule has 33 heavy (non-hydrogen) atoms. The lowest BCUT2D eigenvalue weighted by Crippen LogP contribution is -2.56. The molecule has 9 heteroatoms. The van der Waals surface area contributed by atoms with Crippen LogP contribution >= 0.6 is 11.6 Å². The molecule has 0 spiro atoms. The molecule has 1 saturated carbocycles. The van der Waals surface area contributed by atoms with Crippen molar-refractivity contribution in [3.8, 4) is 5.75 Å². The highest BCUT2D eigenvalue weighted by Gasteiger charge is 2.47. The van der Waals surface area contributed by atoms with Crippen LogP contribution in [0.4, 0.5) is 0 Å². The molecule has 1 aliphatic heterocycles. The third kappa shape index (κ3) is 5.84. The Hall–Kier alpha value is -2.20. The average Bonchev–Trinajstić information content (AvgIpc) is 3.62. The molecule has 2 aliphatic rings. The molecule has 8 nitrogen and oxygen atoms in total. The van der Waals surface area contributed by atoms with E-state index in [1.165, 1.54) is 0 Å². The van der Waals surface area contributed by atoms with E-state index in [-0.39, 0.29) is 0 Å². The van der Waals surface area contributed by atoms with Crippen molar-refractivity contribution in [2.45, 2.75) is 55.9 Å². The van der Waals surface area contributed by atoms with Gasteiger partial charge in [0.1, 0.15) is 36.8 Å². The summed E-state index contributed by atoms with van der Waals surface area (Å²) in [5, 5.41) is 40.2. The Morgan fingerprint density at radius 3 is 2.39 bits per heavy atom. The summed E-state index contributed by atoms with van der Waals surface area (Å²) < 4.78 is 16.7. The largest absolute Gasteiger partial charge is 0.491 e. The number of halogens is 1. The summed E-state index contributed by atoms with van der Waals surface area (Å²) in [7, 11) is 0. The van der Waals surface area contributed by atoms with Gasteiger partial charge in [0.2, 0.25) is 0 Å². The van der Waals surface area contributed by atoms with Gasteiger partial charge in [-0.2, -0.15) is 0 Å². The highest BCUT2D eigenvalue weighted by molar-refractivity contribution is 6.31. The zero-order valence-corrected chi connectivity index (χ0v) is 18.6. The Balaban J connectivity index is 1.43. The van der Waals surface area contributed by atoms with Crippen LogP contribution in [-0.2, 0) is 20.7 Å². The van der Waals surface area contributed by atoms with Crippen molar-refractivity contribution >= 4 is 17.6 Å². The van der Waals surface area contributed by atoms with Crippen LogP contribution in [-0.4, -0.2) is 70.1 Å². The first-order valence-corrected chi connectivity index (χ1v) is 11.3. The van der Waals surface area contributed by atoms with Crippen LogP contribution in [0, 0.1) is 0 Å². The molecule has 2 aromatic rings. The van der Waals surface area contributed by atoms with Gasteiger partial charge < -0.3 is 34.6 Å². The highest BCUT2D eigenvalue weighted by atomic mass is 35.5. The Labute approximate surface area is 196 Å². The van der Waals surface area contributed by atoms with Gasteiger partial charge in [-0.3, -0.25) is 0 Å². The lowest BCUT2D eigenvalue weighted by Gasteiger charge is -2.39. The van der Waals surface area contributed by atoms with Gasteiger partial charge in [-0.25, -0.2) is 4.79 Å². The molecular weight excluding hydrogens is 452 g/mol. The van der Waals surface area contributed by atoms with E-state index < -0.39 is 36.5 Å². The predicted molar refractivity (Wildman–Crippen MR) is 118 cm³/mol. The third-order valence-corrected chi connectivity index (χ3v) is 6.17. The molecule has 2 fully saturated rings. The van der Waals surface area contributed by atoms with E-state index in [1.54, 1.807) is 18.2 Å². The lowest BCUT2D eigenvalue weighted by atomic mass is 9.90. The van der Waals surface area contributed by atoms with Gasteiger partial charge in [-0.1, -0.05) is 35.9 Å². The van der Waals surface area contributed by atoms with Crippen LogP contribution in [0.2, 0.25) is 5.02 Å². The number of carboxylic acids is 1. The Kier molecular flexibility index (Phi) is 7.53. The van der Waals surface area contributed by atoms with Gasteiger partial charge in [0.15, 0.2) is 6.10 Å². The van der Waals surface area contributed by atoms with Crippen LogP contribution in [0.1, 0.15) is 35.6 Å². The summed E-state index contributed by atoms with van der Waals surface area (Å²) in [5.74, 6) is -0.682. The van der Waals surface area contributed by atoms with E-state index in [4.69, 9.17) is 25.8 Å². The average molecular weight is 479 g/mol. The fraction of sp³-hybridized carbons (Fsp3) is 0.458. The first-order valence-electron chi connectivity index (χ1n) is 10.9. The minimum absolute atomic E-state index is 0.403. The SMILES string of the molecule is O=C(O)[C@H]1O[C@@H](c2ccc(Cl)c(Cc3ccc(OCCOC4CC4)cc3)c2)[C@H](O)[C@@H](O)[C@@H]1O. The van der Waals surface area contributed by atoms with Crippen molar-refractivity contribution in [3.63, 3.8) is 0 Å². The molecule has 1 heterocycles. The summed E-state index contributed by atoms with van der Waals surface area (Å²) in [4.78, 5) is 11.4. The second-order valence-corrected chi connectivity index (χ2v) is 8.78. The Morgan fingerprint density at radius 2 is 1.73 bits per heavy atom. The minimum Gasteiger partial charge on any atom is -0.491 e. The number of ether oxygens (including phenoxy) is 3. The van der Waals surface area contributed by atoms with Crippen LogP contribution < -0.4 is 4.74 Å². The van der Waals surface area contributed by atoms with Gasteiger partial charge >= 0.3 is 5.97 Å². The summed E-state index contributed by atoms with van der Waals surface area (Å²) >= 11 is 6.37. The van der Waals surface area contributed by atoms with Crippen LogP contribution in [0.3, 0.4) is 0 Å². The lowest BCUT2D eigenvalue weighted by molar-refractivity contribution is -0.229. The van der Waals surface area contributed by atoms with Gasteiger partial charge in [0.25, 0.3) is 0 Å². The standard InChI is InChI=1S/C24H27ClO8/c25-18-8-3-14(22-20(27)19(26)21(28)23(33-22)24(29)30)12-15(18)11-13-1-4-16(5-2-13)31-9-10-32-17-6-7-17/h1-5,8,12,17,19-23,26-28H,6-7,9-11H2,(H,29,30)/t19-,20-,21+,22+,23+/m1/s1. The molecule has 1 saturated heterocycles. The molecule has 4 N–H and O–H groups in total. The summed E-state index contributed by atoms with van der Waals surface area (Å²) in [6.45, 7) is 1.06. The van der Waals surface area contributed by atoms with E-state index >= 15 is 0 Å². The fourth-order valence-corrected chi connectivity index (χ4v) is 3.98. The molecule has 4 rings (SSSR count). The number of benzene rings is 2. The van der Waals surface area contributed by atoms with E-state index in [0.29, 0.717) is 36.3 Å². The van der Waals surface area contributed by atoms with E-state index in [0.717, 1.165) is 29.7 Å². The third-order valence-electron chi connectivity index (χ3n) is 5.80. The second kappa shape index (κ2) is 10.4. The number of carbonyl (C=O) groups is 1. The molecule has 1 aliphatic carbocycles. The van der Waals surface area contributed by atoms with Gasteiger partial charge in [-0.15, -0.1) is 0 Å². The number of carboxylic acid groups (broad SMARTS) is 1. The maximum absolute atomic E-state index is 11.4. The van der Waals surface area contributed by atoms with Crippen molar-refractivity contribution in [3.05, 3.63) is 64.2 Å². The second-order valence-electron chi connectivity index (χ2n) is 8.38. The van der Waals surface area contributed by atoms with Crippen molar-refractivity contribution in [2.75, 3.05) is 13.2 Å². The maximum Gasteiger partial charge on any atom is 0.335 e. The minimum atomic E-state index is -1.73. The number of hydrogen-bond acceptors (Lipinski definition) is 7. The quantitative estimate of drug-likeness (QED) is 0.404.